The van der Waals surface area contributed by atoms with Crippen LogP contribution in [-0.4, -0.2) is 33.9 Å². The van der Waals surface area contributed by atoms with Crippen LogP contribution in [0.4, 0.5) is 13.2 Å². The Kier molecular flexibility index (Phi) is 3.05. The molecule has 2 rings (SSSR count). The Balaban J connectivity index is 1.99. The van der Waals surface area contributed by atoms with Gasteiger partial charge >= 0.3 is 6.18 Å². The van der Waals surface area contributed by atoms with Gasteiger partial charge in [0.25, 0.3) is 5.91 Å². The second kappa shape index (κ2) is 4.36. The molecule has 1 saturated heterocycles. The molecule has 0 atom stereocenters. The third-order valence-corrected chi connectivity index (χ3v) is 2.26. The molecule has 0 unspecified atom stereocenters. The first kappa shape index (κ1) is 11.9. The van der Waals surface area contributed by atoms with Crippen LogP contribution < -0.4 is 0 Å². The van der Waals surface area contributed by atoms with E-state index >= 15 is 0 Å². The first-order chi connectivity index (χ1) is 7.97. The fraction of sp³-hybridized carbons (Fsp3) is 0.556. The summed E-state index contributed by atoms with van der Waals surface area (Å²) >= 11 is 0. The standard InChI is InChI=1S/C9H10F3N3O2/c10-9(11,12)7-2-4-14(13-7)6-8(16)15-3-1-5-17-15/h2,4H,1,3,5-6H2. The minimum atomic E-state index is -4.49. The van der Waals surface area contributed by atoms with Gasteiger partial charge in [-0.2, -0.15) is 18.3 Å². The molecule has 0 saturated carbocycles. The maximum absolute atomic E-state index is 12.2. The molecule has 8 heteroatoms. The minimum absolute atomic E-state index is 0.254. The highest BCUT2D eigenvalue weighted by Crippen LogP contribution is 2.27. The van der Waals surface area contributed by atoms with E-state index in [9.17, 15) is 18.0 Å². The maximum Gasteiger partial charge on any atom is 0.435 e. The van der Waals surface area contributed by atoms with Crippen LogP contribution in [0.15, 0.2) is 12.3 Å². The molecule has 0 aliphatic carbocycles. The van der Waals surface area contributed by atoms with Crippen molar-refractivity contribution in [3.05, 3.63) is 18.0 Å². The number of alkyl halides is 3. The Labute approximate surface area is 94.7 Å². The van der Waals surface area contributed by atoms with Crippen LogP contribution >= 0.6 is 0 Å². The van der Waals surface area contributed by atoms with Gasteiger partial charge in [-0.05, 0) is 12.5 Å². The zero-order valence-corrected chi connectivity index (χ0v) is 8.78. The molecular weight excluding hydrogens is 239 g/mol. The van der Waals surface area contributed by atoms with Crippen LogP contribution in [0.5, 0.6) is 0 Å². The summed E-state index contributed by atoms with van der Waals surface area (Å²) in [5.41, 5.74) is -1.01. The zero-order chi connectivity index (χ0) is 12.5. The molecule has 0 spiro atoms. The van der Waals surface area contributed by atoms with Crippen LogP contribution in [0.1, 0.15) is 12.1 Å². The van der Waals surface area contributed by atoms with Gasteiger partial charge in [-0.15, -0.1) is 0 Å². The molecule has 0 N–H and O–H groups in total. The van der Waals surface area contributed by atoms with Crippen LogP contribution in [0, 0.1) is 0 Å². The van der Waals surface area contributed by atoms with Crippen molar-refractivity contribution >= 4 is 5.91 Å². The molecular formula is C9H10F3N3O2. The summed E-state index contributed by atoms with van der Waals surface area (Å²) in [6, 6.07) is 0.831. The number of halogens is 3. The minimum Gasteiger partial charge on any atom is -0.271 e. The third kappa shape index (κ3) is 2.76. The van der Waals surface area contributed by atoms with Gasteiger partial charge in [0.15, 0.2) is 5.69 Å². The summed E-state index contributed by atoms with van der Waals surface area (Å²) in [4.78, 5) is 16.5. The lowest BCUT2D eigenvalue weighted by Gasteiger charge is -2.13. The van der Waals surface area contributed by atoms with E-state index in [4.69, 9.17) is 4.84 Å². The van der Waals surface area contributed by atoms with E-state index < -0.39 is 17.8 Å². The van der Waals surface area contributed by atoms with E-state index in [1.54, 1.807) is 0 Å². The van der Waals surface area contributed by atoms with Crippen LogP contribution in [0.2, 0.25) is 0 Å². The third-order valence-electron chi connectivity index (χ3n) is 2.26. The summed E-state index contributed by atoms with van der Waals surface area (Å²) in [6.45, 7) is 0.668. The Hall–Kier alpha value is -1.57. The molecule has 1 aliphatic rings. The SMILES string of the molecule is O=C(Cn1ccc(C(F)(F)F)n1)N1CCCO1. The molecule has 1 aromatic heterocycles. The highest BCUT2D eigenvalue weighted by atomic mass is 19.4. The van der Waals surface area contributed by atoms with Gasteiger partial charge in [-0.1, -0.05) is 0 Å². The van der Waals surface area contributed by atoms with E-state index in [1.165, 1.54) is 0 Å². The van der Waals surface area contributed by atoms with E-state index in [2.05, 4.69) is 5.10 Å². The van der Waals surface area contributed by atoms with Gasteiger partial charge in [0.2, 0.25) is 0 Å². The number of aromatic nitrogens is 2. The smallest absolute Gasteiger partial charge is 0.271 e. The van der Waals surface area contributed by atoms with E-state index in [0.29, 0.717) is 13.2 Å². The second-order valence-corrected chi connectivity index (χ2v) is 3.58. The molecule has 1 amide bonds. The number of hydrogen-bond donors (Lipinski definition) is 0. The van der Waals surface area contributed by atoms with Gasteiger partial charge in [-0.3, -0.25) is 14.3 Å². The van der Waals surface area contributed by atoms with Crippen molar-refractivity contribution in [2.45, 2.75) is 19.1 Å². The predicted molar refractivity (Wildman–Crippen MR) is 49.5 cm³/mol. The normalized spacial score (nSPS) is 16.5. The van der Waals surface area contributed by atoms with Gasteiger partial charge in [0.05, 0.1) is 13.2 Å². The topological polar surface area (TPSA) is 47.4 Å². The van der Waals surface area contributed by atoms with E-state index in [-0.39, 0.29) is 6.54 Å². The highest BCUT2D eigenvalue weighted by molar-refractivity contribution is 5.74. The van der Waals surface area contributed by atoms with Gasteiger partial charge in [-0.25, -0.2) is 5.06 Å². The molecule has 94 valence electrons. The van der Waals surface area contributed by atoms with Crippen molar-refractivity contribution in [1.29, 1.82) is 0 Å². The zero-order valence-electron chi connectivity index (χ0n) is 8.78. The van der Waals surface area contributed by atoms with Crippen LogP contribution in [0.25, 0.3) is 0 Å². The van der Waals surface area contributed by atoms with Crippen molar-refractivity contribution in [3.8, 4) is 0 Å². The van der Waals surface area contributed by atoms with Crippen molar-refractivity contribution in [1.82, 2.24) is 14.8 Å². The Morgan fingerprint density at radius 3 is 2.82 bits per heavy atom. The van der Waals surface area contributed by atoms with Crippen molar-refractivity contribution < 1.29 is 22.8 Å². The van der Waals surface area contributed by atoms with Crippen molar-refractivity contribution in [2.24, 2.45) is 0 Å². The average molecular weight is 249 g/mol. The quantitative estimate of drug-likeness (QED) is 0.787. The van der Waals surface area contributed by atoms with Crippen molar-refractivity contribution in [3.63, 3.8) is 0 Å². The summed E-state index contributed by atoms with van der Waals surface area (Å²) in [6.07, 6.45) is -2.63. The average Bonchev–Trinajstić information content (AvgIpc) is 2.85. The van der Waals surface area contributed by atoms with Gasteiger partial charge < -0.3 is 0 Å². The Bertz CT molecular complexity index is 410. The van der Waals surface area contributed by atoms with E-state index in [0.717, 1.165) is 28.4 Å². The number of carbonyl (C=O) groups excluding carboxylic acids is 1. The summed E-state index contributed by atoms with van der Waals surface area (Å²) in [7, 11) is 0. The monoisotopic (exact) mass is 249 g/mol. The Morgan fingerprint density at radius 1 is 1.53 bits per heavy atom. The fourth-order valence-electron chi connectivity index (χ4n) is 1.46. The van der Waals surface area contributed by atoms with Gasteiger partial charge in [0, 0.05) is 6.20 Å². The molecule has 5 nitrogen and oxygen atoms in total. The van der Waals surface area contributed by atoms with Gasteiger partial charge in [0.1, 0.15) is 6.54 Å². The molecule has 0 radical (unpaired) electrons. The molecule has 2 heterocycles. The number of nitrogens with zero attached hydrogens (tertiary/aromatic N) is 3. The van der Waals surface area contributed by atoms with Crippen LogP contribution in [-0.2, 0) is 22.4 Å². The fourth-order valence-corrected chi connectivity index (χ4v) is 1.46. The summed E-state index contributed by atoms with van der Waals surface area (Å²) in [5.74, 6) is -0.403. The number of hydroxylamine groups is 2. The maximum atomic E-state index is 12.2. The molecule has 1 aromatic rings. The Morgan fingerprint density at radius 2 is 2.29 bits per heavy atom. The summed E-state index contributed by atoms with van der Waals surface area (Å²) < 4.78 is 37.7. The molecule has 0 bridgehead atoms. The number of rotatable bonds is 2. The van der Waals surface area contributed by atoms with Crippen molar-refractivity contribution in [2.75, 3.05) is 13.2 Å². The molecule has 17 heavy (non-hydrogen) atoms. The molecule has 0 aromatic carbocycles. The lowest BCUT2D eigenvalue weighted by Crippen LogP contribution is -2.30. The predicted octanol–water partition coefficient (Wildman–Crippen LogP) is 1.07. The summed E-state index contributed by atoms with van der Waals surface area (Å²) in [5, 5.41) is 4.43. The first-order valence-electron chi connectivity index (χ1n) is 5.01. The number of carbonyl (C=O) groups is 1. The lowest BCUT2D eigenvalue weighted by atomic mass is 10.4. The van der Waals surface area contributed by atoms with E-state index in [1.807, 2.05) is 0 Å². The van der Waals surface area contributed by atoms with Crippen LogP contribution in [0.3, 0.4) is 0 Å². The molecule has 1 aliphatic heterocycles. The number of amides is 1. The largest absolute Gasteiger partial charge is 0.435 e. The lowest BCUT2D eigenvalue weighted by molar-refractivity contribution is -0.169. The first-order valence-corrected chi connectivity index (χ1v) is 5.01. The molecule has 1 fully saturated rings. The second-order valence-electron chi connectivity index (χ2n) is 3.58. The number of hydrogen-bond acceptors (Lipinski definition) is 3. The highest BCUT2D eigenvalue weighted by Gasteiger charge is 2.33.